The van der Waals surface area contributed by atoms with Crippen molar-refractivity contribution in [1.82, 2.24) is 0 Å². The number of hydrogen-bond donors (Lipinski definition) is 0. The van der Waals surface area contributed by atoms with Gasteiger partial charge in [-0.15, -0.1) is 0 Å². The molecule has 3 aliphatic carbocycles. The minimum Gasteiger partial charge on any atom is -0.0651 e. The van der Waals surface area contributed by atoms with Crippen LogP contribution in [0.1, 0.15) is 47.0 Å². The Labute approximate surface area is 76.7 Å². The molecule has 12 heavy (non-hydrogen) atoms. The van der Waals surface area contributed by atoms with E-state index < -0.39 is 0 Å². The van der Waals surface area contributed by atoms with Crippen molar-refractivity contribution in [3.63, 3.8) is 0 Å². The monoisotopic (exact) mass is 166 g/mol. The minimum absolute atomic E-state index is 0.719. The van der Waals surface area contributed by atoms with Gasteiger partial charge in [0, 0.05) is 0 Å². The molecule has 0 aromatic rings. The first-order valence-corrected chi connectivity index (χ1v) is 5.59. The van der Waals surface area contributed by atoms with Crippen molar-refractivity contribution in [2.45, 2.75) is 47.0 Å². The molecule has 3 fully saturated rings. The molecule has 0 nitrogen and oxygen atoms in total. The van der Waals surface area contributed by atoms with E-state index in [4.69, 9.17) is 0 Å². The van der Waals surface area contributed by atoms with Crippen LogP contribution in [0.4, 0.5) is 0 Å². The van der Waals surface area contributed by atoms with Gasteiger partial charge in [0.2, 0.25) is 0 Å². The summed E-state index contributed by atoms with van der Waals surface area (Å²) in [6.45, 7) is 9.82. The molecule has 70 valence electrons. The van der Waals surface area contributed by atoms with Crippen molar-refractivity contribution in [3.8, 4) is 0 Å². The molecular formula is C12H22. The average molecular weight is 166 g/mol. The fourth-order valence-corrected chi connectivity index (χ4v) is 3.79. The van der Waals surface area contributed by atoms with Gasteiger partial charge in [-0.25, -0.2) is 0 Å². The Morgan fingerprint density at radius 1 is 1.33 bits per heavy atom. The summed E-state index contributed by atoms with van der Waals surface area (Å²) in [5, 5.41) is 0. The van der Waals surface area contributed by atoms with Crippen molar-refractivity contribution in [1.29, 1.82) is 0 Å². The summed E-state index contributed by atoms with van der Waals surface area (Å²) in [5.74, 6) is 4.11. The fraction of sp³-hybridized carbons (Fsp3) is 1.00. The van der Waals surface area contributed by atoms with Gasteiger partial charge in [0.1, 0.15) is 0 Å². The second-order valence-electron chi connectivity index (χ2n) is 5.47. The second kappa shape index (κ2) is 2.49. The van der Waals surface area contributed by atoms with Gasteiger partial charge in [-0.3, -0.25) is 0 Å². The predicted molar refractivity (Wildman–Crippen MR) is 52.9 cm³/mol. The normalized spacial score (nSPS) is 58.0. The third kappa shape index (κ3) is 0.843. The molecule has 0 N–H and O–H groups in total. The summed E-state index contributed by atoms with van der Waals surface area (Å²) in [6, 6.07) is 0. The van der Waals surface area contributed by atoms with Gasteiger partial charge in [-0.1, -0.05) is 34.1 Å². The molecule has 0 heteroatoms. The highest BCUT2D eigenvalue weighted by atomic mass is 14.6. The van der Waals surface area contributed by atoms with E-state index in [1.165, 1.54) is 19.3 Å². The lowest BCUT2D eigenvalue weighted by atomic mass is 9.42. The predicted octanol–water partition coefficient (Wildman–Crippen LogP) is 3.71. The topological polar surface area (TPSA) is 0 Å². The van der Waals surface area contributed by atoms with E-state index in [1.54, 1.807) is 0 Å². The van der Waals surface area contributed by atoms with E-state index in [-0.39, 0.29) is 0 Å². The van der Waals surface area contributed by atoms with Gasteiger partial charge >= 0.3 is 0 Å². The zero-order valence-corrected chi connectivity index (χ0v) is 8.93. The lowest BCUT2D eigenvalue weighted by molar-refractivity contribution is -0.143. The van der Waals surface area contributed by atoms with E-state index in [0.717, 1.165) is 29.1 Å². The first-order valence-electron chi connectivity index (χ1n) is 5.59. The Bertz CT molecular complexity index is 174. The molecule has 0 spiro atoms. The first kappa shape index (κ1) is 8.59. The van der Waals surface area contributed by atoms with Crippen molar-refractivity contribution >= 4 is 0 Å². The summed E-state index contributed by atoms with van der Waals surface area (Å²) in [7, 11) is 0. The first-order chi connectivity index (χ1) is 5.59. The van der Waals surface area contributed by atoms with Crippen LogP contribution < -0.4 is 0 Å². The molecule has 5 unspecified atom stereocenters. The summed E-state index contributed by atoms with van der Waals surface area (Å²) in [4.78, 5) is 0. The molecule has 0 aromatic carbocycles. The van der Waals surface area contributed by atoms with Gasteiger partial charge < -0.3 is 0 Å². The molecule has 0 radical (unpaired) electrons. The number of fused-ring (bicyclic) bond motifs is 2. The van der Waals surface area contributed by atoms with E-state index >= 15 is 0 Å². The zero-order chi connectivity index (χ0) is 8.93. The second-order valence-corrected chi connectivity index (χ2v) is 5.47. The average Bonchev–Trinajstić information content (AvgIpc) is 2.08. The lowest BCUT2D eigenvalue weighted by Crippen LogP contribution is -2.56. The Balaban J connectivity index is 2.15. The molecule has 0 amide bonds. The molecule has 0 aliphatic heterocycles. The van der Waals surface area contributed by atoms with Crippen LogP contribution in [0.3, 0.4) is 0 Å². The number of rotatable bonds is 1. The van der Waals surface area contributed by atoms with E-state index in [9.17, 15) is 0 Å². The SMILES string of the molecule is CCC1CC(C)C2(C)CC1C2C. The summed E-state index contributed by atoms with van der Waals surface area (Å²) < 4.78 is 0. The van der Waals surface area contributed by atoms with E-state index in [1.807, 2.05) is 0 Å². The number of hydrogen-bond acceptors (Lipinski definition) is 0. The molecule has 3 saturated carbocycles. The van der Waals surface area contributed by atoms with Crippen LogP contribution in [-0.4, -0.2) is 0 Å². The highest BCUT2D eigenvalue weighted by Gasteiger charge is 2.56. The van der Waals surface area contributed by atoms with Crippen LogP contribution in [0.25, 0.3) is 0 Å². The highest BCUT2D eigenvalue weighted by Crippen LogP contribution is 2.64. The van der Waals surface area contributed by atoms with Crippen molar-refractivity contribution in [2.24, 2.45) is 29.1 Å². The van der Waals surface area contributed by atoms with Crippen LogP contribution in [0.5, 0.6) is 0 Å². The van der Waals surface area contributed by atoms with Crippen LogP contribution >= 0.6 is 0 Å². The maximum Gasteiger partial charge on any atom is -0.0269 e. The third-order valence-electron chi connectivity index (χ3n) is 5.27. The van der Waals surface area contributed by atoms with Crippen molar-refractivity contribution in [2.75, 3.05) is 0 Å². The van der Waals surface area contributed by atoms with Crippen LogP contribution in [0, 0.1) is 29.1 Å². The summed E-state index contributed by atoms with van der Waals surface area (Å²) in [6.07, 6.45) is 4.44. The fourth-order valence-electron chi connectivity index (χ4n) is 3.79. The van der Waals surface area contributed by atoms with Gasteiger partial charge in [0.25, 0.3) is 0 Å². The van der Waals surface area contributed by atoms with Crippen LogP contribution in [-0.2, 0) is 0 Å². The Morgan fingerprint density at radius 2 is 2.00 bits per heavy atom. The summed E-state index contributed by atoms with van der Waals surface area (Å²) >= 11 is 0. The van der Waals surface area contributed by atoms with Gasteiger partial charge in [0.15, 0.2) is 0 Å². The van der Waals surface area contributed by atoms with Crippen LogP contribution in [0.2, 0.25) is 0 Å². The molecule has 0 saturated heterocycles. The van der Waals surface area contributed by atoms with Crippen molar-refractivity contribution < 1.29 is 0 Å². The molecule has 3 rings (SSSR count). The van der Waals surface area contributed by atoms with Crippen LogP contribution in [0.15, 0.2) is 0 Å². The Kier molecular flexibility index (Phi) is 1.79. The molecular weight excluding hydrogens is 144 g/mol. The minimum atomic E-state index is 0.719. The summed E-state index contributed by atoms with van der Waals surface area (Å²) in [5.41, 5.74) is 0.719. The van der Waals surface area contributed by atoms with Gasteiger partial charge in [-0.05, 0) is 41.9 Å². The van der Waals surface area contributed by atoms with E-state index in [0.29, 0.717) is 0 Å². The molecule has 5 atom stereocenters. The molecule has 0 heterocycles. The molecule has 0 aromatic heterocycles. The molecule has 3 aliphatic rings. The lowest BCUT2D eigenvalue weighted by Gasteiger charge is -2.63. The third-order valence-corrected chi connectivity index (χ3v) is 5.27. The Morgan fingerprint density at radius 3 is 2.42 bits per heavy atom. The maximum atomic E-state index is 2.50. The maximum absolute atomic E-state index is 2.50. The highest BCUT2D eigenvalue weighted by molar-refractivity contribution is 5.05. The zero-order valence-electron chi connectivity index (χ0n) is 8.93. The Hall–Kier alpha value is 0. The van der Waals surface area contributed by atoms with E-state index in [2.05, 4.69) is 27.7 Å². The van der Waals surface area contributed by atoms with Crippen molar-refractivity contribution in [3.05, 3.63) is 0 Å². The smallest absolute Gasteiger partial charge is 0.0269 e. The standard InChI is InChI=1S/C12H22/c1-5-10-6-8(2)12(4)7-11(10)9(12)3/h8-11H,5-7H2,1-4H3. The quantitative estimate of drug-likeness (QED) is 0.557. The molecule has 2 bridgehead atoms. The van der Waals surface area contributed by atoms with Gasteiger partial charge in [-0.2, -0.15) is 0 Å². The largest absolute Gasteiger partial charge is 0.0651 e. The van der Waals surface area contributed by atoms with Gasteiger partial charge in [0.05, 0.1) is 0 Å².